The molecule has 1 aromatic rings. The molecule has 0 saturated heterocycles. The second-order valence-electron chi connectivity index (χ2n) is 3.51. The third-order valence-corrected chi connectivity index (χ3v) is 2.41. The maximum Gasteiger partial charge on any atom is 0.416 e. The minimum Gasteiger partial charge on any atom is -0.366 e. The molecule has 88 valence electrons. The van der Waals surface area contributed by atoms with E-state index in [4.69, 9.17) is 4.74 Å². The minimum atomic E-state index is -4.42. The molecule has 5 heteroatoms. The lowest BCUT2D eigenvalue weighted by atomic mass is 9.95. The Bertz CT molecular complexity index is 387. The monoisotopic (exact) mass is 232 g/mol. The van der Waals surface area contributed by atoms with Crippen molar-refractivity contribution in [1.82, 2.24) is 0 Å². The Hall–Kier alpha value is -1.36. The molecule has 2 nitrogen and oxygen atoms in total. The Labute approximate surface area is 91.0 Å². The summed E-state index contributed by atoms with van der Waals surface area (Å²) >= 11 is 0. The highest BCUT2D eigenvalue weighted by molar-refractivity contribution is 5.65. The largest absolute Gasteiger partial charge is 0.416 e. The van der Waals surface area contributed by atoms with Crippen molar-refractivity contribution in [1.29, 1.82) is 0 Å². The van der Waals surface area contributed by atoms with Crippen LogP contribution >= 0.6 is 0 Å². The van der Waals surface area contributed by atoms with E-state index in [9.17, 15) is 18.0 Å². The van der Waals surface area contributed by atoms with Gasteiger partial charge in [0.1, 0.15) is 5.60 Å². The quantitative estimate of drug-likeness (QED) is 0.749. The SMILES string of the molecule is COC(C)(C=O)c1cccc(C(F)(F)F)c1. The van der Waals surface area contributed by atoms with E-state index in [1.54, 1.807) is 0 Å². The smallest absolute Gasteiger partial charge is 0.366 e. The highest BCUT2D eigenvalue weighted by Crippen LogP contribution is 2.32. The molecule has 0 heterocycles. The predicted octanol–water partition coefficient (Wildman–Crippen LogP) is 2.77. The molecule has 0 saturated carbocycles. The van der Waals surface area contributed by atoms with Crippen LogP contribution in [0.2, 0.25) is 0 Å². The fourth-order valence-corrected chi connectivity index (χ4v) is 1.24. The second-order valence-corrected chi connectivity index (χ2v) is 3.51. The fraction of sp³-hybridized carbons (Fsp3) is 0.364. The van der Waals surface area contributed by atoms with E-state index in [0.717, 1.165) is 12.1 Å². The third-order valence-electron chi connectivity index (χ3n) is 2.41. The molecule has 0 fully saturated rings. The van der Waals surface area contributed by atoms with E-state index in [0.29, 0.717) is 6.29 Å². The van der Waals surface area contributed by atoms with Crippen molar-refractivity contribution in [3.05, 3.63) is 35.4 Å². The van der Waals surface area contributed by atoms with E-state index >= 15 is 0 Å². The van der Waals surface area contributed by atoms with Crippen molar-refractivity contribution >= 4 is 6.29 Å². The zero-order chi connectivity index (χ0) is 12.4. The van der Waals surface area contributed by atoms with E-state index in [1.807, 2.05) is 0 Å². The van der Waals surface area contributed by atoms with Crippen LogP contribution in [0.1, 0.15) is 18.1 Å². The molecule has 0 aliphatic rings. The van der Waals surface area contributed by atoms with Crippen molar-refractivity contribution in [2.45, 2.75) is 18.7 Å². The van der Waals surface area contributed by atoms with Gasteiger partial charge in [-0.2, -0.15) is 13.2 Å². The van der Waals surface area contributed by atoms with Gasteiger partial charge in [0, 0.05) is 7.11 Å². The molecule has 0 aromatic heterocycles. The first-order valence-corrected chi connectivity index (χ1v) is 4.53. The van der Waals surface area contributed by atoms with Crippen LogP contribution < -0.4 is 0 Å². The number of aldehydes is 1. The van der Waals surface area contributed by atoms with Crippen LogP contribution in [0.4, 0.5) is 13.2 Å². The van der Waals surface area contributed by atoms with E-state index in [-0.39, 0.29) is 5.56 Å². The van der Waals surface area contributed by atoms with Crippen LogP contribution in [0.5, 0.6) is 0 Å². The van der Waals surface area contributed by atoms with Crippen LogP contribution in [-0.2, 0) is 21.3 Å². The number of hydrogen-bond acceptors (Lipinski definition) is 2. The summed E-state index contributed by atoms with van der Waals surface area (Å²) in [6, 6.07) is 4.54. The number of methoxy groups -OCH3 is 1. The Balaban J connectivity index is 3.22. The first-order chi connectivity index (χ1) is 7.33. The summed E-state index contributed by atoms with van der Waals surface area (Å²) in [6.45, 7) is 1.41. The molecular weight excluding hydrogens is 221 g/mol. The van der Waals surface area contributed by atoms with Gasteiger partial charge in [0.2, 0.25) is 0 Å². The Morgan fingerprint density at radius 2 is 1.81 bits per heavy atom. The van der Waals surface area contributed by atoms with Crippen LogP contribution in [0.3, 0.4) is 0 Å². The summed E-state index contributed by atoms with van der Waals surface area (Å²) in [5, 5.41) is 0. The van der Waals surface area contributed by atoms with Gasteiger partial charge in [-0.05, 0) is 24.6 Å². The first-order valence-electron chi connectivity index (χ1n) is 4.53. The van der Waals surface area contributed by atoms with E-state index in [2.05, 4.69) is 0 Å². The summed E-state index contributed by atoms with van der Waals surface area (Å²) in [5.41, 5.74) is -1.96. The van der Waals surface area contributed by atoms with Gasteiger partial charge in [-0.1, -0.05) is 12.1 Å². The number of hydrogen-bond donors (Lipinski definition) is 0. The van der Waals surface area contributed by atoms with Crippen LogP contribution in [0.25, 0.3) is 0 Å². The van der Waals surface area contributed by atoms with Gasteiger partial charge < -0.3 is 4.74 Å². The zero-order valence-corrected chi connectivity index (χ0v) is 8.84. The van der Waals surface area contributed by atoms with Crippen molar-refractivity contribution in [3.63, 3.8) is 0 Å². The Kier molecular flexibility index (Phi) is 3.38. The van der Waals surface area contributed by atoms with E-state index in [1.165, 1.54) is 26.2 Å². The lowest BCUT2D eigenvalue weighted by Crippen LogP contribution is -2.26. The maximum atomic E-state index is 12.4. The molecule has 0 aliphatic carbocycles. The second kappa shape index (κ2) is 4.25. The average molecular weight is 232 g/mol. The van der Waals surface area contributed by atoms with Crippen molar-refractivity contribution in [2.75, 3.05) is 7.11 Å². The lowest BCUT2D eigenvalue weighted by Gasteiger charge is -2.22. The molecule has 0 bridgehead atoms. The molecule has 0 radical (unpaired) electrons. The van der Waals surface area contributed by atoms with Crippen LogP contribution in [-0.4, -0.2) is 13.4 Å². The molecule has 0 spiro atoms. The molecule has 1 atom stereocenters. The molecule has 1 aromatic carbocycles. The van der Waals surface area contributed by atoms with Gasteiger partial charge in [-0.15, -0.1) is 0 Å². The topological polar surface area (TPSA) is 26.3 Å². The molecule has 0 amide bonds. The van der Waals surface area contributed by atoms with Crippen LogP contribution in [0.15, 0.2) is 24.3 Å². The normalized spacial score (nSPS) is 15.6. The zero-order valence-electron chi connectivity index (χ0n) is 8.84. The highest BCUT2D eigenvalue weighted by Gasteiger charge is 2.33. The molecule has 0 N–H and O–H groups in total. The molecule has 1 rings (SSSR count). The van der Waals surface area contributed by atoms with Crippen molar-refractivity contribution in [2.24, 2.45) is 0 Å². The summed E-state index contributed by atoms with van der Waals surface area (Å²) in [4.78, 5) is 10.8. The number of alkyl halides is 3. The van der Waals surface area contributed by atoms with Gasteiger partial charge in [0.05, 0.1) is 5.56 Å². The first kappa shape index (κ1) is 12.7. The summed E-state index contributed by atoms with van der Waals surface area (Å²) in [5.74, 6) is 0. The number of carbonyl (C=O) groups excluding carboxylic acids is 1. The molecule has 0 aliphatic heterocycles. The van der Waals surface area contributed by atoms with Crippen LogP contribution in [0, 0.1) is 0 Å². The van der Waals surface area contributed by atoms with Gasteiger partial charge in [0.15, 0.2) is 6.29 Å². The van der Waals surface area contributed by atoms with Gasteiger partial charge in [-0.25, -0.2) is 0 Å². The molecule has 16 heavy (non-hydrogen) atoms. The van der Waals surface area contributed by atoms with Gasteiger partial charge in [-0.3, -0.25) is 4.79 Å². The third kappa shape index (κ3) is 2.41. The number of benzene rings is 1. The summed E-state index contributed by atoms with van der Waals surface area (Å²) < 4.78 is 42.2. The predicted molar refractivity (Wildman–Crippen MR) is 51.9 cm³/mol. The Morgan fingerprint density at radius 3 is 2.25 bits per heavy atom. The number of carbonyl (C=O) groups is 1. The number of rotatable bonds is 3. The minimum absolute atomic E-state index is 0.180. The highest BCUT2D eigenvalue weighted by atomic mass is 19.4. The average Bonchev–Trinajstić information content (AvgIpc) is 2.27. The van der Waals surface area contributed by atoms with Crippen molar-refractivity contribution < 1.29 is 22.7 Å². The summed E-state index contributed by atoms with van der Waals surface area (Å²) in [7, 11) is 1.27. The molecule has 1 unspecified atom stereocenters. The number of halogens is 3. The lowest BCUT2D eigenvalue weighted by molar-refractivity contribution is -0.138. The maximum absolute atomic E-state index is 12.4. The fourth-order valence-electron chi connectivity index (χ4n) is 1.24. The number of ether oxygens (including phenoxy) is 1. The van der Waals surface area contributed by atoms with E-state index < -0.39 is 17.3 Å². The van der Waals surface area contributed by atoms with Crippen molar-refractivity contribution in [3.8, 4) is 0 Å². The molecular formula is C11H11F3O2. The van der Waals surface area contributed by atoms with Gasteiger partial charge >= 0.3 is 6.18 Å². The standard InChI is InChI=1S/C11H11F3O2/c1-10(7-15,16-2)8-4-3-5-9(6-8)11(12,13)14/h3-7H,1-2H3. The van der Waals surface area contributed by atoms with Gasteiger partial charge in [0.25, 0.3) is 0 Å². The Morgan fingerprint density at radius 1 is 1.25 bits per heavy atom. The summed E-state index contributed by atoms with van der Waals surface area (Å²) in [6.07, 6.45) is -3.95.